The van der Waals surface area contributed by atoms with Crippen LogP contribution >= 0.6 is 0 Å². The van der Waals surface area contributed by atoms with Crippen molar-refractivity contribution in [2.24, 2.45) is 0 Å². The molecule has 0 saturated heterocycles. The molecule has 0 aliphatic rings. The minimum atomic E-state index is -0.0317. The number of para-hydroxylation sites is 1. The van der Waals surface area contributed by atoms with E-state index in [0.29, 0.717) is 6.54 Å². The number of urea groups is 1. The van der Waals surface area contributed by atoms with Crippen molar-refractivity contribution in [2.75, 3.05) is 19.0 Å². The van der Waals surface area contributed by atoms with Crippen LogP contribution in [0.3, 0.4) is 0 Å². The van der Waals surface area contributed by atoms with E-state index < -0.39 is 0 Å². The molecule has 1 heterocycles. The Morgan fingerprint density at radius 2 is 1.83 bits per heavy atom. The smallest absolute Gasteiger partial charge is 0.324 e. The average molecular weight is 243 g/mol. The Kier molecular flexibility index (Phi) is 3.67. The van der Waals surface area contributed by atoms with Crippen LogP contribution in [-0.2, 0) is 6.54 Å². The number of hydrogen-bond acceptors (Lipinski definition) is 1. The first-order valence-electron chi connectivity index (χ1n) is 5.84. The highest BCUT2D eigenvalue weighted by Crippen LogP contribution is 2.17. The van der Waals surface area contributed by atoms with Crippen LogP contribution in [0.4, 0.5) is 10.5 Å². The van der Waals surface area contributed by atoms with E-state index in [2.05, 4.69) is 4.98 Å². The molecule has 1 N–H and O–H groups in total. The number of nitrogens with zero attached hydrogens (tertiary/aromatic N) is 2. The number of H-pyrrole nitrogens is 1. The van der Waals surface area contributed by atoms with Crippen LogP contribution in [-0.4, -0.2) is 30.0 Å². The van der Waals surface area contributed by atoms with E-state index >= 15 is 0 Å². The van der Waals surface area contributed by atoms with E-state index in [1.165, 1.54) is 0 Å². The quantitative estimate of drug-likeness (QED) is 0.884. The highest BCUT2D eigenvalue weighted by molar-refractivity contribution is 5.91. The standard InChI is InChI=1S/C14H17N3O/c1-16(2)14(18)17(11-12-7-6-10-15-12)13-8-4-3-5-9-13/h3-10,15H,11H2,1-2H3. The van der Waals surface area contributed by atoms with Crippen molar-refractivity contribution in [2.45, 2.75) is 6.54 Å². The molecule has 0 atom stereocenters. The number of amides is 2. The van der Waals surface area contributed by atoms with E-state index in [4.69, 9.17) is 0 Å². The van der Waals surface area contributed by atoms with Crippen molar-refractivity contribution < 1.29 is 4.79 Å². The second kappa shape index (κ2) is 5.40. The Bertz CT molecular complexity index is 491. The highest BCUT2D eigenvalue weighted by Gasteiger charge is 2.17. The van der Waals surface area contributed by atoms with Gasteiger partial charge in [0.05, 0.1) is 6.54 Å². The van der Waals surface area contributed by atoms with Crippen LogP contribution in [0.5, 0.6) is 0 Å². The minimum Gasteiger partial charge on any atom is -0.364 e. The lowest BCUT2D eigenvalue weighted by molar-refractivity contribution is 0.223. The van der Waals surface area contributed by atoms with E-state index in [9.17, 15) is 4.79 Å². The topological polar surface area (TPSA) is 39.3 Å². The second-order valence-corrected chi connectivity index (χ2v) is 4.29. The van der Waals surface area contributed by atoms with Crippen LogP contribution in [0, 0.1) is 0 Å². The van der Waals surface area contributed by atoms with Gasteiger partial charge in [-0.1, -0.05) is 18.2 Å². The van der Waals surface area contributed by atoms with Gasteiger partial charge in [-0.05, 0) is 24.3 Å². The summed E-state index contributed by atoms with van der Waals surface area (Å²) < 4.78 is 0. The first kappa shape index (κ1) is 12.2. The molecule has 18 heavy (non-hydrogen) atoms. The minimum absolute atomic E-state index is 0.0317. The van der Waals surface area contributed by atoms with Gasteiger partial charge in [0.2, 0.25) is 0 Å². The number of nitrogens with one attached hydrogen (secondary N) is 1. The number of rotatable bonds is 3. The van der Waals surface area contributed by atoms with Crippen LogP contribution < -0.4 is 4.90 Å². The third-order valence-corrected chi connectivity index (χ3v) is 2.67. The summed E-state index contributed by atoms with van der Waals surface area (Å²) in [6.07, 6.45) is 1.86. The zero-order valence-corrected chi connectivity index (χ0v) is 10.6. The SMILES string of the molecule is CN(C)C(=O)N(Cc1ccc[nH]1)c1ccccc1. The molecular formula is C14H17N3O. The second-order valence-electron chi connectivity index (χ2n) is 4.29. The van der Waals surface area contributed by atoms with Gasteiger partial charge >= 0.3 is 6.03 Å². The van der Waals surface area contributed by atoms with Crippen molar-refractivity contribution in [1.29, 1.82) is 0 Å². The molecule has 2 amide bonds. The molecule has 0 aliphatic carbocycles. The lowest BCUT2D eigenvalue weighted by Gasteiger charge is -2.25. The Morgan fingerprint density at radius 3 is 2.39 bits per heavy atom. The van der Waals surface area contributed by atoms with Gasteiger partial charge in [-0.3, -0.25) is 4.90 Å². The summed E-state index contributed by atoms with van der Waals surface area (Å²) in [4.78, 5) is 18.6. The summed E-state index contributed by atoms with van der Waals surface area (Å²) in [5, 5.41) is 0. The van der Waals surface area contributed by atoms with Crippen LogP contribution in [0.2, 0.25) is 0 Å². The van der Waals surface area contributed by atoms with Gasteiger partial charge < -0.3 is 9.88 Å². The van der Waals surface area contributed by atoms with Crippen molar-refractivity contribution in [3.63, 3.8) is 0 Å². The number of aromatic nitrogens is 1. The molecule has 94 valence electrons. The van der Waals surface area contributed by atoms with Gasteiger partial charge in [-0.2, -0.15) is 0 Å². The number of hydrogen-bond donors (Lipinski definition) is 1. The number of carbonyl (C=O) groups excluding carboxylic acids is 1. The number of benzene rings is 1. The van der Waals surface area contributed by atoms with Gasteiger partial charge in [0.25, 0.3) is 0 Å². The molecule has 0 radical (unpaired) electrons. The summed E-state index contributed by atoms with van der Waals surface area (Å²) in [6, 6.07) is 13.5. The number of anilines is 1. The predicted molar refractivity (Wildman–Crippen MR) is 72.5 cm³/mol. The van der Waals surface area contributed by atoms with Crippen molar-refractivity contribution in [3.05, 3.63) is 54.4 Å². The molecule has 1 aromatic carbocycles. The predicted octanol–water partition coefficient (Wildman–Crippen LogP) is 2.70. The molecule has 0 aliphatic heterocycles. The molecule has 4 nitrogen and oxygen atoms in total. The fourth-order valence-corrected chi connectivity index (χ4v) is 1.75. The van der Waals surface area contributed by atoms with E-state index in [0.717, 1.165) is 11.4 Å². The monoisotopic (exact) mass is 243 g/mol. The molecule has 0 unspecified atom stereocenters. The molecule has 0 spiro atoms. The molecular weight excluding hydrogens is 226 g/mol. The van der Waals surface area contributed by atoms with Crippen LogP contribution in [0.1, 0.15) is 5.69 Å². The Hall–Kier alpha value is -2.23. The van der Waals surface area contributed by atoms with Gasteiger partial charge in [0.15, 0.2) is 0 Å². The zero-order chi connectivity index (χ0) is 13.0. The summed E-state index contributed by atoms with van der Waals surface area (Å²) in [6.45, 7) is 0.536. The first-order valence-corrected chi connectivity index (χ1v) is 5.84. The van der Waals surface area contributed by atoms with Crippen molar-refractivity contribution >= 4 is 11.7 Å². The third-order valence-electron chi connectivity index (χ3n) is 2.67. The molecule has 4 heteroatoms. The molecule has 0 bridgehead atoms. The van der Waals surface area contributed by atoms with Crippen molar-refractivity contribution in [3.8, 4) is 0 Å². The Balaban J connectivity index is 2.26. The third kappa shape index (κ3) is 2.71. The largest absolute Gasteiger partial charge is 0.364 e. The molecule has 1 aromatic heterocycles. The summed E-state index contributed by atoms with van der Waals surface area (Å²) in [7, 11) is 3.51. The molecule has 0 saturated carbocycles. The maximum absolute atomic E-state index is 12.2. The van der Waals surface area contributed by atoms with E-state index in [-0.39, 0.29) is 6.03 Å². The fourth-order valence-electron chi connectivity index (χ4n) is 1.75. The normalized spacial score (nSPS) is 10.1. The lowest BCUT2D eigenvalue weighted by Crippen LogP contribution is -2.38. The van der Waals surface area contributed by atoms with E-state index in [1.807, 2.05) is 48.7 Å². The Morgan fingerprint density at radius 1 is 1.11 bits per heavy atom. The average Bonchev–Trinajstić information content (AvgIpc) is 2.89. The van der Waals surface area contributed by atoms with Gasteiger partial charge in [0.1, 0.15) is 0 Å². The number of carbonyl (C=O) groups is 1. The number of aromatic amines is 1. The van der Waals surface area contributed by atoms with Crippen LogP contribution in [0.25, 0.3) is 0 Å². The molecule has 0 fully saturated rings. The summed E-state index contributed by atoms with van der Waals surface area (Å²) >= 11 is 0. The Labute approximate surface area is 107 Å². The maximum Gasteiger partial charge on any atom is 0.324 e. The molecule has 2 rings (SSSR count). The van der Waals surface area contributed by atoms with Gasteiger partial charge in [-0.15, -0.1) is 0 Å². The highest BCUT2D eigenvalue weighted by atomic mass is 16.2. The fraction of sp³-hybridized carbons (Fsp3) is 0.214. The first-order chi connectivity index (χ1) is 8.68. The van der Waals surface area contributed by atoms with E-state index in [1.54, 1.807) is 23.9 Å². The van der Waals surface area contributed by atoms with Gasteiger partial charge in [0, 0.05) is 31.7 Å². The van der Waals surface area contributed by atoms with Crippen molar-refractivity contribution in [1.82, 2.24) is 9.88 Å². The van der Waals surface area contributed by atoms with Gasteiger partial charge in [-0.25, -0.2) is 4.79 Å². The zero-order valence-electron chi connectivity index (χ0n) is 10.6. The van der Waals surface area contributed by atoms with Crippen LogP contribution in [0.15, 0.2) is 48.7 Å². The maximum atomic E-state index is 12.2. The summed E-state index contributed by atoms with van der Waals surface area (Å²) in [5.74, 6) is 0. The lowest BCUT2D eigenvalue weighted by atomic mass is 10.2. The molecule has 2 aromatic rings. The summed E-state index contributed by atoms with van der Waals surface area (Å²) in [5.41, 5.74) is 1.90.